The lowest BCUT2D eigenvalue weighted by Crippen LogP contribution is -2.67. The summed E-state index contributed by atoms with van der Waals surface area (Å²) in [5, 5.41) is 46.4. The summed E-state index contributed by atoms with van der Waals surface area (Å²) in [4.78, 5) is 40.8. The van der Waals surface area contributed by atoms with Crippen LogP contribution in [0.1, 0.15) is 89.2 Å². The van der Waals surface area contributed by atoms with Gasteiger partial charge in [-0.25, -0.2) is 0 Å². The highest BCUT2D eigenvalue weighted by Gasteiger charge is 2.71. The number of aliphatic hydroxyl groups excluding tert-OH is 2. The van der Waals surface area contributed by atoms with Gasteiger partial charge in [0.05, 0.1) is 5.56 Å². The molecule has 0 aliphatic heterocycles. The number of rotatable bonds is 8. The molecule has 46 heavy (non-hydrogen) atoms. The second-order valence-corrected chi connectivity index (χ2v) is 14.8. The van der Waals surface area contributed by atoms with Gasteiger partial charge in [0.15, 0.2) is 17.2 Å². The van der Waals surface area contributed by atoms with Crippen molar-refractivity contribution in [3.63, 3.8) is 0 Å². The van der Waals surface area contributed by atoms with E-state index in [1.807, 2.05) is 45.0 Å². The highest BCUT2D eigenvalue weighted by molar-refractivity contribution is 6.25. The Morgan fingerprint density at radius 2 is 1.65 bits per heavy atom. The summed E-state index contributed by atoms with van der Waals surface area (Å²) in [6.45, 7) is 16.9. The van der Waals surface area contributed by atoms with Gasteiger partial charge in [-0.15, -0.1) is 0 Å². The lowest BCUT2D eigenvalue weighted by Gasteiger charge is -2.59. The molecule has 0 saturated carbocycles. The molecule has 4 N–H and O–H groups in total. The third-order valence-corrected chi connectivity index (χ3v) is 10.9. The average Bonchev–Trinajstić information content (AvgIpc) is 2.95. The number of allylic oxidation sites excluding steroid dienone is 3. The fraction of sp³-hybridized carbons (Fsp3) is 0.462. The Balaban J connectivity index is 1.64. The van der Waals surface area contributed by atoms with E-state index in [-0.39, 0.29) is 35.6 Å². The molecule has 0 fully saturated rings. The zero-order chi connectivity index (χ0) is 34.1. The quantitative estimate of drug-likeness (QED) is 0.176. The maximum atomic E-state index is 14.3. The molecule has 0 heterocycles. The van der Waals surface area contributed by atoms with Gasteiger partial charge in [0.25, 0.3) is 0 Å². The summed E-state index contributed by atoms with van der Waals surface area (Å²) in [5.74, 6) is -4.62. The Morgan fingerprint density at radius 1 is 1.02 bits per heavy atom. The number of phenols is 1. The second kappa shape index (κ2) is 11.4. The number of Topliss-reactive ketones (excluding diaryl/α,β-unsaturated/α-hetero) is 3. The third-order valence-electron chi connectivity index (χ3n) is 10.9. The number of fused-ring (bicyclic) bond motifs is 3. The first-order valence-electron chi connectivity index (χ1n) is 16.2. The first kappa shape index (κ1) is 33.4. The van der Waals surface area contributed by atoms with Crippen LogP contribution in [0.3, 0.4) is 0 Å². The summed E-state index contributed by atoms with van der Waals surface area (Å²) < 4.78 is 0. The number of hydrogen-bond acceptors (Lipinski definition) is 7. The molecule has 5 atom stereocenters. The summed E-state index contributed by atoms with van der Waals surface area (Å²) in [5.41, 5.74) is -1.33. The van der Waals surface area contributed by atoms with Crippen molar-refractivity contribution in [3.8, 4) is 16.9 Å². The molecule has 2 aromatic carbocycles. The van der Waals surface area contributed by atoms with Crippen LogP contribution in [0.5, 0.6) is 5.75 Å². The normalized spacial score (nSPS) is 28.2. The molecule has 0 bridgehead atoms. The Morgan fingerprint density at radius 3 is 2.22 bits per heavy atom. The molecule has 2 unspecified atom stereocenters. The van der Waals surface area contributed by atoms with Crippen LogP contribution < -0.4 is 0 Å². The fourth-order valence-electron chi connectivity index (χ4n) is 8.80. The zero-order valence-electron chi connectivity index (χ0n) is 28.0. The van der Waals surface area contributed by atoms with Crippen molar-refractivity contribution in [2.75, 3.05) is 0 Å². The Hall–Kier alpha value is -3.97. The van der Waals surface area contributed by atoms with Crippen LogP contribution in [0.25, 0.3) is 11.1 Å². The van der Waals surface area contributed by atoms with E-state index in [9.17, 15) is 34.8 Å². The smallest absolute Gasteiger partial charge is 0.209 e. The van der Waals surface area contributed by atoms with Gasteiger partial charge >= 0.3 is 0 Å². The summed E-state index contributed by atoms with van der Waals surface area (Å²) in [6.07, 6.45) is 3.11. The molecule has 2 aromatic rings. The van der Waals surface area contributed by atoms with Crippen LogP contribution in [-0.2, 0) is 22.4 Å². The van der Waals surface area contributed by atoms with Crippen molar-refractivity contribution in [1.29, 1.82) is 0 Å². The maximum Gasteiger partial charge on any atom is 0.209 e. The first-order chi connectivity index (χ1) is 21.4. The third kappa shape index (κ3) is 4.77. The van der Waals surface area contributed by atoms with Crippen molar-refractivity contribution in [3.05, 3.63) is 87.9 Å². The van der Waals surface area contributed by atoms with Gasteiger partial charge in [0, 0.05) is 22.3 Å². The number of aliphatic hydroxyl groups is 3. The van der Waals surface area contributed by atoms with Crippen LogP contribution in [0, 0.1) is 28.6 Å². The molecule has 3 aliphatic rings. The molecular formula is C39H46O7. The molecule has 7 heteroatoms. The van der Waals surface area contributed by atoms with Gasteiger partial charge in [-0.05, 0) is 72.8 Å². The molecule has 0 amide bonds. The van der Waals surface area contributed by atoms with Crippen LogP contribution in [0.4, 0.5) is 0 Å². The predicted octanol–water partition coefficient (Wildman–Crippen LogP) is 7.55. The van der Waals surface area contributed by atoms with Crippen molar-refractivity contribution in [2.45, 2.75) is 86.2 Å². The van der Waals surface area contributed by atoms with E-state index in [2.05, 4.69) is 20.4 Å². The van der Waals surface area contributed by atoms with Gasteiger partial charge in [-0.2, -0.15) is 0 Å². The molecule has 0 aromatic heterocycles. The Bertz CT molecular complexity index is 1720. The van der Waals surface area contributed by atoms with Gasteiger partial charge < -0.3 is 20.4 Å². The molecule has 5 rings (SSSR count). The number of aromatic hydroxyl groups is 1. The standard InChI is InChI=1S/C39H46O7/c1-9-21(4)16-22(5)17-24-10-12-25(13-11-24)26-14-15-28(41)30-27(26)18-37(7)19-38(8)31(20(2)3)33(42)29(23(6)40)35(44)39(38,46)36(45)32(37)34(30)43/h10-15,20-21,31,41-42,45-46H,5,9,16-19H2,1-4,6-8H3/t21?,31?,37-,38-,39+/m1/s1. The summed E-state index contributed by atoms with van der Waals surface area (Å²) in [6, 6.07) is 11.3. The van der Waals surface area contributed by atoms with E-state index in [1.165, 1.54) is 11.6 Å². The molecular weight excluding hydrogens is 580 g/mol. The molecule has 0 saturated heterocycles. The maximum absolute atomic E-state index is 14.3. The number of carbonyl (C=O) groups is 3. The lowest BCUT2D eigenvalue weighted by atomic mass is 9.44. The van der Waals surface area contributed by atoms with Gasteiger partial charge in [-0.3, -0.25) is 14.4 Å². The van der Waals surface area contributed by atoms with E-state index in [1.54, 1.807) is 13.0 Å². The van der Waals surface area contributed by atoms with E-state index in [0.717, 1.165) is 42.9 Å². The van der Waals surface area contributed by atoms with Crippen molar-refractivity contribution in [1.82, 2.24) is 0 Å². The minimum Gasteiger partial charge on any atom is -0.511 e. The first-order valence-corrected chi connectivity index (χ1v) is 16.2. The van der Waals surface area contributed by atoms with Crippen LogP contribution in [-0.4, -0.2) is 43.4 Å². The van der Waals surface area contributed by atoms with E-state index >= 15 is 0 Å². The Kier molecular flexibility index (Phi) is 8.26. The number of phenolic OH excluding ortho intramolecular Hbond substituents is 1. The van der Waals surface area contributed by atoms with Crippen molar-refractivity contribution in [2.24, 2.45) is 28.6 Å². The monoisotopic (exact) mass is 626 g/mol. The SMILES string of the molecule is C=C(Cc1ccc(-c2ccc(O)c3c2C[C@]2(C)C[C@]4(C)C(C(C)C)C(O)=C(C(C)=O)C(=O)[C@]4(O)C(O)=C2C3=O)cc1)CC(C)CC. The van der Waals surface area contributed by atoms with Gasteiger partial charge in [-0.1, -0.05) is 90.4 Å². The van der Waals surface area contributed by atoms with Crippen LogP contribution in [0.15, 0.2) is 71.2 Å². The lowest BCUT2D eigenvalue weighted by molar-refractivity contribution is -0.171. The highest BCUT2D eigenvalue weighted by atomic mass is 16.3. The number of ketones is 3. The largest absolute Gasteiger partial charge is 0.511 e. The minimum absolute atomic E-state index is 0.0172. The fourth-order valence-corrected chi connectivity index (χ4v) is 8.80. The minimum atomic E-state index is -2.63. The average molecular weight is 627 g/mol. The molecule has 0 radical (unpaired) electrons. The van der Waals surface area contributed by atoms with E-state index < -0.39 is 56.8 Å². The molecule has 3 aliphatic carbocycles. The number of hydrogen-bond donors (Lipinski definition) is 4. The van der Waals surface area contributed by atoms with E-state index in [4.69, 9.17) is 0 Å². The summed E-state index contributed by atoms with van der Waals surface area (Å²) in [7, 11) is 0. The van der Waals surface area contributed by atoms with Gasteiger partial charge in [0.1, 0.15) is 22.8 Å². The van der Waals surface area contributed by atoms with E-state index in [0.29, 0.717) is 11.5 Å². The highest BCUT2D eigenvalue weighted by Crippen LogP contribution is 2.65. The number of benzene rings is 2. The number of carbonyl (C=O) groups excluding carboxylic acids is 3. The van der Waals surface area contributed by atoms with Crippen LogP contribution in [0.2, 0.25) is 0 Å². The Labute approximate surface area is 271 Å². The zero-order valence-corrected chi connectivity index (χ0v) is 28.0. The molecule has 7 nitrogen and oxygen atoms in total. The second-order valence-electron chi connectivity index (χ2n) is 14.8. The van der Waals surface area contributed by atoms with Gasteiger partial charge in [0.2, 0.25) is 5.78 Å². The molecule has 0 spiro atoms. The van der Waals surface area contributed by atoms with Crippen LogP contribution >= 0.6 is 0 Å². The topological polar surface area (TPSA) is 132 Å². The van der Waals surface area contributed by atoms with Crippen molar-refractivity contribution < 1.29 is 34.8 Å². The summed E-state index contributed by atoms with van der Waals surface area (Å²) >= 11 is 0. The predicted molar refractivity (Wildman–Crippen MR) is 178 cm³/mol. The van der Waals surface area contributed by atoms with Crippen molar-refractivity contribution >= 4 is 17.3 Å². The molecule has 244 valence electrons.